The molecule has 2 N–H and O–H groups in total. The van der Waals surface area contributed by atoms with Gasteiger partial charge in [0, 0.05) is 4.47 Å². The van der Waals surface area contributed by atoms with E-state index in [2.05, 4.69) is 15.9 Å². The van der Waals surface area contributed by atoms with Crippen molar-refractivity contribution in [2.24, 2.45) is 5.73 Å². The number of benzene rings is 1. The van der Waals surface area contributed by atoms with E-state index in [1.165, 1.54) is 0 Å². The van der Waals surface area contributed by atoms with Gasteiger partial charge >= 0.3 is 0 Å². The number of hydrogen-bond acceptors (Lipinski definition) is 2. The van der Waals surface area contributed by atoms with Gasteiger partial charge in [0.1, 0.15) is 6.04 Å². The predicted octanol–water partition coefficient (Wildman–Crippen LogP) is 2.59. The van der Waals surface area contributed by atoms with E-state index < -0.39 is 6.04 Å². The van der Waals surface area contributed by atoms with Crippen molar-refractivity contribution < 1.29 is 0 Å². The number of aryl methyl sites for hydroxylation is 2. The van der Waals surface area contributed by atoms with Gasteiger partial charge in [0.2, 0.25) is 0 Å². The molecule has 1 unspecified atom stereocenters. The van der Waals surface area contributed by atoms with Crippen LogP contribution in [-0.4, -0.2) is 0 Å². The van der Waals surface area contributed by atoms with Crippen molar-refractivity contribution in [3.05, 3.63) is 33.3 Å². The second-order valence-electron chi connectivity index (χ2n) is 3.06. The Morgan fingerprint density at radius 2 is 1.85 bits per heavy atom. The molecule has 0 aliphatic heterocycles. The third-order valence-corrected chi connectivity index (χ3v) is 2.47. The van der Waals surface area contributed by atoms with Gasteiger partial charge in [-0.15, -0.1) is 0 Å². The number of nitriles is 1. The fourth-order valence-corrected chi connectivity index (χ4v) is 2.16. The van der Waals surface area contributed by atoms with Crippen LogP contribution >= 0.6 is 15.9 Å². The first-order valence-corrected chi connectivity index (χ1v) is 4.77. The lowest BCUT2D eigenvalue weighted by Gasteiger charge is -2.11. The largest absolute Gasteiger partial charge is 0.312 e. The van der Waals surface area contributed by atoms with Crippen LogP contribution < -0.4 is 5.73 Å². The Morgan fingerprint density at radius 3 is 2.23 bits per heavy atom. The van der Waals surface area contributed by atoms with Gasteiger partial charge < -0.3 is 5.73 Å². The molecule has 0 spiro atoms. The normalized spacial score (nSPS) is 12.2. The van der Waals surface area contributed by atoms with E-state index in [0.29, 0.717) is 0 Å². The first kappa shape index (κ1) is 10.2. The summed E-state index contributed by atoms with van der Waals surface area (Å²) >= 11 is 3.39. The summed E-state index contributed by atoms with van der Waals surface area (Å²) in [5.74, 6) is 0. The molecule has 1 aromatic rings. The molecule has 3 heteroatoms. The highest BCUT2D eigenvalue weighted by molar-refractivity contribution is 9.10. The second kappa shape index (κ2) is 3.91. The van der Waals surface area contributed by atoms with E-state index in [-0.39, 0.29) is 0 Å². The maximum Gasteiger partial charge on any atom is 0.119 e. The van der Waals surface area contributed by atoms with Crippen LogP contribution in [0.15, 0.2) is 16.6 Å². The minimum absolute atomic E-state index is 0.520. The van der Waals surface area contributed by atoms with E-state index in [9.17, 15) is 0 Å². The monoisotopic (exact) mass is 238 g/mol. The van der Waals surface area contributed by atoms with Crippen molar-refractivity contribution >= 4 is 15.9 Å². The molecule has 0 aliphatic carbocycles. The summed E-state index contributed by atoms with van der Waals surface area (Å²) in [5.41, 5.74) is 8.72. The third kappa shape index (κ3) is 2.09. The zero-order valence-corrected chi connectivity index (χ0v) is 9.22. The molecule has 2 nitrogen and oxygen atoms in total. The number of nitrogens with two attached hydrogens (primary N) is 1. The van der Waals surface area contributed by atoms with Crippen molar-refractivity contribution in [1.29, 1.82) is 5.26 Å². The van der Waals surface area contributed by atoms with E-state index in [4.69, 9.17) is 11.0 Å². The average molecular weight is 239 g/mol. The number of nitrogens with zero attached hydrogens (tertiary/aromatic N) is 1. The maximum atomic E-state index is 8.72. The quantitative estimate of drug-likeness (QED) is 0.818. The second-order valence-corrected chi connectivity index (χ2v) is 3.98. The Kier molecular flexibility index (Phi) is 3.07. The minimum Gasteiger partial charge on any atom is -0.312 e. The van der Waals surface area contributed by atoms with Gasteiger partial charge in [-0.05, 0) is 42.7 Å². The molecule has 0 amide bonds. The smallest absolute Gasteiger partial charge is 0.119 e. The van der Waals surface area contributed by atoms with Crippen LogP contribution in [0.1, 0.15) is 22.7 Å². The highest BCUT2D eigenvalue weighted by Gasteiger charge is 2.11. The molecule has 0 saturated heterocycles. The van der Waals surface area contributed by atoms with Gasteiger partial charge in [-0.1, -0.05) is 15.9 Å². The molecule has 1 atom stereocenters. The average Bonchev–Trinajstić information content (AvgIpc) is 2.02. The van der Waals surface area contributed by atoms with Gasteiger partial charge in [0.25, 0.3) is 0 Å². The third-order valence-electron chi connectivity index (χ3n) is 2.01. The van der Waals surface area contributed by atoms with Gasteiger partial charge in [-0.2, -0.15) is 5.26 Å². The van der Waals surface area contributed by atoms with Gasteiger partial charge in [0.05, 0.1) is 6.07 Å². The maximum absolute atomic E-state index is 8.72. The molecule has 0 radical (unpaired) electrons. The highest BCUT2D eigenvalue weighted by Crippen LogP contribution is 2.24. The van der Waals surface area contributed by atoms with Crippen LogP contribution in [0, 0.1) is 25.2 Å². The van der Waals surface area contributed by atoms with Gasteiger partial charge in [-0.25, -0.2) is 0 Å². The molecule has 0 aromatic heterocycles. The van der Waals surface area contributed by atoms with Gasteiger partial charge in [0.15, 0.2) is 0 Å². The Morgan fingerprint density at radius 1 is 1.38 bits per heavy atom. The van der Waals surface area contributed by atoms with Crippen molar-refractivity contribution in [1.82, 2.24) is 0 Å². The number of halogens is 1. The molecule has 0 saturated carbocycles. The zero-order chi connectivity index (χ0) is 10.0. The summed E-state index contributed by atoms with van der Waals surface area (Å²) in [4.78, 5) is 0. The van der Waals surface area contributed by atoms with Crippen LogP contribution in [0.4, 0.5) is 0 Å². The summed E-state index contributed by atoms with van der Waals surface area (Å²) in [6.07, 6.45) is 0. The molecule has 13 heavy (non-hydrogen) atoms. The lowest BCUT2D eigenvalue weighted by atomic mass is 9.98. The van der Waals surface area contributed by atoms with Crippen molar-refractivity contribution in [3.8, 4) is 6.07 Å². The molecular weight excluding hydrogens is 228 g/mol. The van der Waals surface area contributed by atoms with E-state index in [1.54, 1.807) is 0 Å². The lowest BCUT2D eigenvalue weighted by molar-refractivity contribution is 0.900. The summed E-state index contributed by atoms with van der Waals surface area (Å²) in [6, 6.07) is 5.47. The molecular formula is C10H11BrN2. The van der Waals surface area contributed by atoms with Crippen LogP contribution in [0.3, 0.4) is 0 Å². The van der Waals surface area contributed by atoms with Gasteiger partial charge in [-0.3, -0.25) is 0 Å². The molecule has 0 bridgehead atoms. The van der Waals surface area contributed by atoms with Crippen LogP contribution in [0.5, 0.6) is 0 Å². The first-order chi connectivity index (χ1) is 6.06. The van der Waals surface area contributed by atoms with Crippen LogP contribution in [-0.2, 0) is 0 Å². The van der Waals surface area contributed by atoms with Crippen molar-refractivity contribution in [3.63, 3.8) is 0 Å². The zero-order valence-electron chi connectivity index (χ0n) is 7.63. The van der Waals surface area contributed by atoms with Crippen molar-refractivity contribution in [2.75, 3.05) is 0 Å². The standard InChI is InChI=1S/C10H11BrN2/c1-6-3-8(11)4-7(2)10(6)9(13)5-12/h3-4,9H,13H2,1-2H3. The summed E-state index contributed by atoms with van der Waals surface area (Å²) in [6.45, 7) is 3.93. The van der Waals surface area contributed by atoms with E-state index >= 15 is 0 Å². The SMILES string of the molecule is Cc1cc(Br)cc(C)c1C(N)C#N. The molecule has 0 heterocycles. The lowest BCUT2D eigenvalue weighted by Crippen LogP contribution is -2.10. The Balaban J connectivity index is 3.30. The molecule has 0 aliphatic rings. The Hall–Kier alpha value is -0.850. The summed E-state index contributed by atoms with van der Waals surface area (Å²) in [5, 5.41) is 8.72. The summed E-state index contributed by atoms with van der Waals surface area (Å²) in [7, 11) is 0. The van der Waals surface area contributed by atoms with E-state index in [0.717, 1.165) is 21.2 Å². The fourth-order valence-electron chi connectivity index (χ4n) is 1.48. The Bertz CT molecular complexity index is 343. The molecule has 0 fully saturated rings. The number of hydrogen-bond donors (Lipinski definition) is 1. The van der Waals surface area contributed by atoms with Crippen molar-refractivity contribution in [2.45, 2.75) is 19.9 Å². The topological polar surface area (TPSA) is 49.8 Å². The predicted molar refractivity (Wildman–Crippen MR) is 56.2 cm³/mol. The minimum atomic E-state index is -0.520. The molecule has 1 aromatic carbocycles. The van der Waals surface area contributed by atoms with E-state index in [1.807, 2.05) is 32.0 Å². The van der Waals surface area contributed by atoms with Crippen LogP contribution in [0.2, 0.25) is 0 Å². The fraction of sp³-hybridized carbons (Fsp3) is 0.300. The first-order valence-electron chi connectivity index (χ1n) is 3.98. The highest BCUT2D eigenvalue weighted by atomic mass is 79.9. The van der Waals surface area contributed by atoms with Crippen LogP contribution in [0.25, 0.3) is 0 Å². The molecule has 1 rings (SSSR count). The Labute approximate surface area is 86.5 Å². The number of rotatable bonds is 1. The summed E-state index contributed by atoms with van der Waals surface area (Å²) < 4.78 is 1.02. The molecule has 68 valence electrons.